The number of carbonyl (C=O) groups is 2. The molecule has 0 aromatic heterocycles. The summed E-state index contributed by atoms with van der Waals surface area (Å²) in [6.07, 6.45) is 8.38. The third-order valence-corrected chi connectivity index (χ3v) is 3.59. The lowest BCUT2D eigenvalue weighted by Crippen LogP contribution is -2.34. The number of piperidine rings is 1. The van der Waals surface area contributed by atoms with E-state index in [1.165, 1.54) is 19.3 Å². The summed E-state index contributed by atoms with van der Waals surface area (Å²) in [6.45, 7) is 3.52. The van der Waals surface area contributed by atoms with Crippen LogP contribution in [0.1, 0.15) is 64.7 Å². The fourth-order valence-corrected chi connectivity index (χ4v) is 2.37. The Kier molecular flexibility index (Phi) is 9.04. The maximum Gasteiger partial charge on any atom is 0.413 e. The van der Waals surface area contributed by atoms with Gasteiger partial charge >= 0.3 is 6.09 Å². The molecule has 1 saturated heterocycles. The van der Waals surface area contributed by atoms with E-state index in [1.807, 2.05) is 6.92 Å². The maximum absolute atomic E-state index is 11.5. The lowest BCUT2D eigenvalue weighted by molar-refractivity contribution is -0.120. The van der Waals surface area contributed by atoms with Crippen molar-refractivity contribution in [3.05, 3.63) is 0 Å². The highest BCUT2D eigenvalue weighted by Crippen LogP contribution is 2.13. The highest BCUT2D eigenvalue weighted by atomic mass is 16.5. The van der Waals surface area contributed by atoms with Crippen LogP contribution < -0.4 is 10.6 Å². The van der Waals surface area contributed by atoms with Crippen LogP contribution in [0.25, 0.3) is 0 Å². The summed E-state index contributed by atoms with van der Waals surface area (Å²) >= 11 is 0. The Balaban J connectivity index is 1.97. The number of unbranched alkanes of at least 4 members (excludes halogenated alkanes) is 2. The van der Waals surface area contributed by atoms with Gasteiger partial charge in [-0.25, -0.2) is 4.79 Å². The zero-order chi connectivity index (χ0) is 14.6. The third kappa shape index (κ3) is 8.15. The summed E-state index contributed by atoms with van der Waals surface area (Å²) < 4.78 is 4.87. The molecular formula is C15H28N2O3. The first-order chi connectivity index (χ1) is 9.72. The second kappa shape index (κ2) is 10.7. The minimum absolute atomic E-state index is 0.233. The van der Waals surface area contributed by atoms with E-state index in [-0.39, 0.29) is 5.91 Å². The van der Waals surface area contributed by atoms with Gasteiger partial charge in [0.15, 0.2) is 0 Å². The molecular weight excluding hydrogens is 256 g/mol. The molecule has 0 radical (unpaired) electrons. The highest BCUT2D eigenvalue weighted by Gasteiger charge is 2.12. The quantitative estimate of drug-likeness (QED) is 0.673. The predicted molar refractivity (Wildman–Crippen MR) is 78.5 cm³/mol. The van der Waals surface area contributed by atoms with E-state index in [1.54, 1.807) is 0 Å². The first kappa shape index (κ1) is 17.0. The predicted octanol–water partition coefficient (Wildman–Crippen LogP) is 2.74. The van der Waals surface area contributed by atoms with Crippen LogP contribution in [0, 0.1) is 0 Å². The molecule has 1 aliphatic heterocycles. The van der Waals surface area contributed by atoms with E-state index in [0.29, 0.717) is 19.1 Å². The molecule has 5 heteroatoms. The van der Waals surface area contributed by atoms with Crippen molar-refractivity contribution in [2.75, 3.05) is 13.2 Å². The van der Waals surface area contributed by atoms with E-state index in [4.69, 9.17) is 4.74 Å². The van der Waals surface area contributed by atoms with Gasteiger partial charge in [0.05, 0.1) is 6.61 Å². The number of ether oxygens (including phenoxy) is 1. The van der Waals surface area contributed by atoms with Crippen LogP contribution in [0.4, 0.5) is 4.79 Å². The molecule has 1 aliphatic rings. The van der Waals surface area contributed by atoms with E-state index in [0.717, 1.165) is 38.6 Å². The van der Waals surface area contributed by atoms with Crippen LogP contribution in [-0.2, 0) is 9.53 Å². The first-order valence-electron chi connectivity index (χ1n) is 7.92. The summed E-state index contributed by atoms with van der Waals surface area (Å²) in [4.78, 5) is 22.8. The molecule has 1 fully saturated rings. The Labute approximate surface area is 121 Å². The first-order valence-corrected chi connectivity index (χ1v) is 7.92. The van der Waals surface area contributed by atoms with Crippen molar-refractivity contribution in [2.45, 2.75) is 70.8 Å². The number of imide groups is 1. The minimum Gasteiger partial charge on any atom is -0.449 e. The molecule has 0 bridgehead atoms. The monoisotopic (exact) mass is 284 g/mol. The number of nitrogens with one attached hydrogen (secondary N) is 2. The van der Waals surface area contributed by atoms with Gasteiger partial charge in [-0.05, 0) is 38.6 Å². The van der Waals surface area contributed by atoms with Crippen molar-refractivity contribution >= 4 is 12.0 Å². The summed E-state index contributed by atoms with van der Waals surface area (Å²) in [5.74, 6) is -0.233. The molecule has 20 heavy (non-hydrogen) atoms. The van der Waals surface area contributed by atoms with Crippen molar-refractivity contribution in [2.24, 2.45) is 0 Å². The van der Waals surface area contributed by atoms with Crippen LogP contribution in [0.2, 0.25) is 0 Å². The Morgan fingerprint density at radius 3 is 2.80 bits per heavy atom. The second-order valence-corrected chi connectivity index (χ2v) is 5.43. The van der Waals surface area contributed by atoms with Gasteiger partial charge in [-0.2, -0.15) is 0 Å². The zero-order valence-corrected chi connectivity index (χ0v) is 12.6. The number of amides is 2. The molecule has 5 nitrogen and oxygen atoms in total. The molecule has 1 rings (SSSR count). The van der Waals surface area contributed by atoms with Gasteiger partial charge in [0, 0.05) is 12.5 Å². The Morgan fingerprint density at radius 1 is 1.25 bits per heavy atom. The van der Waals surface area contributed by atoms with Gasteiger partial charge in [-0.15, -0.1) is 0 Å². The van der Waals surface area contributed by atoms with Gasteiger partial charge < -0.3 is 10.1 Å². The topological polar surface area (TPSA) is 67.4 Å². The lowest BCUT2D eigenvalue weighted by atomic mass is 9.99. The highest BCUT2D eigenvalue weighted by molar-refractivity contribution is 5.91. The molecule has 0 aromatic rings. The van der Waals surface area contributed by atoms with Crippen LogP contribution in [-0.4, -0.2) is 31.2 Å². The number of alkyl carbamates (subject to hydrolysis) is 1. The number of hydrogen-bond acceptors (Lipinski definition) is 4. The maximum atomic E-state index is 11.5. The number of carbonyl (C=O) groups excluding carboxylic acids is 2. The summed E-state index contributed by atoms with van der Waals surface area (Å²) in [5, 5.41) is 5.75. The largest absolute Gasteiger partial charge is 0.449 e. The molecule has 116 valence electrons. The zero-order valence-electron chi connectivity index (χ0n) is 12.6. The second-order valence-electron chi connectivity index (χ2n) is 5.43. The van der Waals surface area contributed by atoms with Crippen LogP contribution in [0.5, 0.6) is 0 Å². The molecule has 0 aliphatic carbocycles. The van der Waals surface area contributed by atoms with Gasteiger partial charge in [-0.3, -0.25) is 10.1 Å². The third-order valence-electron chi connectivity index (χ3n) is 3.59. The van der Waals surface area contributed by atoms with E-state index in [2.05, 4.69) is 10.6 Å². The number of hydrogen-bond donors (Lipinski definition) is 2. The van der Waals surface area contributed by atoms with Crippen LogP contribution in [0.15, 0.2) is 0 Å². The molecule has 0 spiro atoms. The van der Waals surface area contributed by atoms with Crippen molar-refractivity contribution in [3.63, 3.8) is 0 Å². The van der Waals surface area contributed by atoms with Crippen molar-refractivity contribution in [1.82, 2.24) is 10.6 Å². The smallest absolute Gasteiger partial charge is 0.413 e. The van der Waals surface area contributed by atoms with Crippen LogP contribution >= 0.6 is 0 Å². The Morgan fingerprint density at radius 2 is 2.10 bits per heavy atom. The van der Waals surface area contributed by atoms with Gasteiger partial charge in [0.1, 0.15) is 0 Å². The normalized spacial score (nSPS) is 18.6. The molecule has 0 saturated carbocycles. The van der Waals surface area contributed by atoms with Gasteiger partial charge in [0.2, 0.25) is 5.91 Å². The molecule has 2 amide bonds. The van der Waals surface area contributed by atoms with E-state index < -0.39 is 6.09 Å². The van der Waals surface area contributed by atoms with Crippen molar-refractivity contribution in [3.8, 4) is 0 Å². The average Bonchev–Trinajstić information content (AvgIpc) is 2.45. The molecule has 0 aromatic carbocycles. The van der Waals surface area contributed by atoms with E-state index >= 15 is 0 Å². The number of rotatable bonds is 8. The summed E-state index contributed by atoms with van der Waals surface area (Å²) in [6, 6.07) is 0.617. The van der Waals surface area contributed by atoms with E-state index in [9.17, 15) is 9.59 Å². The standard InChI is InChI=1S/C15H28N2O3/c1-2-3-12-20-15(19)17-14(18)10-5-4-8-13-9-6-7-11-16-13/h13,16H,2-12H2,1H3,(H,17,18,19)/t13-/m0/s1. The van der Waals surface area contributed by atoms with Gasteiger partial charge in [0.25, 0.3) is 0 Å². The van der Waals surface area contributed by atoms with Crippen molar-refractivity contribution < 1.29 is 14.3 Å². The lowest BCUT2D eigenvalue weighted by Gasteiger charge is -2.23. The minimum atomic E-state index is -0.614. The molecule has 1 atom stereocenters. The van der Waals surface area contributed by atoms with Crippen molar-refractivity contribution in [1.29, 1.82) is 0 Å². The SMILES string of the molecule is CCCCOC(=O)NC(=O)CCCC[C@H]1CCCCN1. The summed E-state index contributed by atoms with van der Waals surface area (Å²) in [5.41, 5.74) is 0. The Hall–Kier alpha value is -1.10. The average molecular weight is 284 g/mol. The fourth-order valence-electron chi connectivity index (χ4n) is 2.37. The molecule has 2 N–H and O–H groups in total. The summed E-state index contributed by atoms with van der Waals surface area (Å²) in [7, 11) is 0. The molecule has 1 heterocycles. The van der Waals surface area contributed by atoms with Gasteiger partial charge in [-0.1, -0.05) is 26.2 Å². The fraction of sp³-hybridized carbons (Fsp3) is 0.867. The Bertz CT molecular complexity index is 289. The van der Waals surface area contributed by atoms with Crippen LogP contribution in [0.3, 0.4) is 0 Å². The molecule has 0 unspecified atom stereocenters.